The van der Waals surface area contributed by atoms with Crippen LogP contribution in [0.2, 0.25) is 0 Å². The number of halogens is 3. The van der Waals surface area contributed by atoms with Gasteiger partial charge in [0.15, 0.2) is 5.82 Å². The van der Waals surface area contributed by atoms with Crippen LogP contribution in [0.4, 0.5) is 30.4 Å². The number of hydrogen-bond donors (Lipinski definition) is 6. The SMILES string of the molecule is Cc1ccc(NC(=O)Cn2cc(-c3ccc4c(NC(=O)c5ccc(N)cc5)nn(C(=O)CCCCCCCCC(=O)N[C@@H](C(=O)N5C[C@H](O)C[C@H]5C(=O)NCc5ccc(-c6scnc6C)cc5)C(C)(C)C)c4c3)cn2)cc1C(F)(F)F. The van der Waals surface area contributed by atoms with Crippen LogP contribution in [-0.2, 0) is 38.4 Å². The molecule has 0 unspecified atom stereocenters. The van der Waals surface area contributed by atoms with Gasteiger partial charge in [-0.25, -0.2) is 4.98 Å². The number of benzene rings is 4. The molecule has 8 rings (SSSR count). The van der Waals surface area contributed by atoms with Gasteiger partial charge in [0.05, 0.1) is 39.5 Å². The molecule has 0 bridgehead atoms. The lowest BCUT2D eigenvalue weighted by Gasteiger charge is -2.35. The molecule has 4 heterocycles. The quantitative estimate of drug-likeness (QED) is 0.0292. The van der Waals surface area contributed by atoms with Crippen LogP contribution in [0.1, 0.15) is 116 Å². The first kappa shape index (κ1) is 58.9. The number of nitrogens with two attached hydrogens (primary N) is 1. The molecule has 22 heteroatoms. The summed E-state index contributed by atoms with van der Waals surface area (Å²) in [6.07, 6.45) is 2.11. The Bertz CT molecular complexity index is 3420. The highest BCUT2D eigenvalue weighted by Crippen LogP contribution is 2.35. The van der Waals surface area contributed by atoms with Gasteiger partial charge in [-0.15, -0.1) is 16.4 Å². The molecule has 7 N–H and O–H groups in total. The Morgan fingerprint density at radius 2 is 1.51 bits per heavy atom. The molecule has 18 nitrogen and oxygen atoms in total. The highest BCUT2D eigenvalue weighted by Gasteiger charge is 2.44. The lowest BCUT2D eigenvalue weighted by atomic mass is 9.85. The van der Waals surface area contributed by atoms with E-state index in [2.05, 4.69) is 36.4 Å². The molecule has 0 saturated carbocycles. The summed E-state index contributed by atoms with van der Waals surface area (Å²) in [6, 6.07) is 21.1. The van der Waals surface area contributed by atoms with E-state index in [1.807, 2.05) is 52.0 Å². The van der Waals surface area contributed by atoms with E-state index in [1.54, 1.807) is 65.5 Å². The van der Waals surface area contributed by atoms with E-state index >= 15 is 0 Å². The Hall–Kier alpha value is -8.24. The first-order chi connectivity index (χ1) is 38.5. The number of β-amino-alcohol motifs (C(OH)–C–C–N with tert-alkyl or cyclic N) is 1. The van der Waals surface area contributed by atoms with Gasteiger partial charge >= 0.3 is 6.18 Å². The number of carbonyl (C=O) groups is 6. The summed E-state index contributed by atoms with van der Waals surface area (Å²) in [5.74, 6) is -2.34. The van der Waals surface area contributed by atoms with Crippen molar-refractivity contribution in [1.29, 1.82) is 0 Å². The largest absolute Gasteiger partial charge is 0.416 e. The summed E-state index contributed by atoms with van der Waals surface area (Å²) in [5.41, 5.74) is 11.3. The number of fused-ring (bicyclic) bond motifs is 1. The molecule has 1 aliphatic heterocycles. The summed E-state index contributed by atoms with van der Waals surface area (Å²) in [5, 5.41) is 31.2. The van der Waals surface area contributed by atoms with Crippen molar-refractivity contribution in [3.63, 3.8) is 0 Å². The second-order valence-electron chi connectivity index (χ2n) is 21.5. The standard InChI is InChI=1S/C59H66F3N11O7S/c1-35-14-24-43(27-46(35)59(60,61)62)67-50(76)33-71-31-41(30-66-71)40-21-25-45-47(26-40)73(70-54(45)69-55(78)39-19-22-42(63)23-20-39)51(77)13-11-9-7-6-8-10-12-49(75)68-53(58(3,4)5)57(80)72-32-44(74)28-48(72)56(79)64-29-37-15-17-38(18-16-37)52-36(2)65-34-81-52/h14-27,30-31,34,44,48,53,74H,6-13,28-29,32-33,63H2,1-5H3,(H,64,79)(H,67,76)(H,68,75)(H,69,70,78)/t44-,48+,53+/m1/s1. The number of aromatic nitrogens is 5. The lowest BCUT2D eigenvalue weighted by molar-refractivity contribution is -0.144. The van der Waals surface area contributed by atoms with Gasteiger partial charge in [0.2, 0.25) is 29.5 Å². The van der Waals surface area contributed by atoms with Crippen LogP contribution < -0.4 is 27.0 Å². The number of nitrogens with zero attached hydrogens (tertiary/aromatic N) is 6. The van der Waals surface area contributed by atoms with Crippen molar-refractivity contribution < 1.29 is 47.0 Å². The predicted molar refractivity (Wildman–Crippen MR) is 304 cm³/mol. The maximum Gasteiger partial charge on any atom is 0.416 e. The first-order valence-electron chi connectivity index (χ1n) is 26.8. The van der Waals surface area contributed by atoms with Crippen LogP contribution in [0.3, 0.4) is 0 Å². The number of anilines is 3. The number of aliphatic hydroxyl groups is 1. The number of likely N-dealkylation sites (tertiary alicyclic amines) is 1. The summed E-state index contributed by atoms with van der Waals surface area (Å²) in [4.78, 5) is 88.0. The smallest absolute Gasteiger partial charge is 0.399 e. The number of carbonyl (C=O) groups excluding carboxylic acids is 6. The first-order valence-corrected chi connectivity index (χ1v) is 27.7. The number of unbranched alkanes of at least 4 members (excludes halogenated alkanes) is 5. The van der Waals surface area contributed by atoms with Gasteiger partial charge in [-0.2, -0.15) is 23.0 Å². The number of aryl methyl sites for hydroxylation is 2. The van der Waals surface area contributed by atoms with Crippen molar-refractivity contribution in [2.75, 3.05) is 22.9 Å². The second-order valence-corrected chi connectivity index (χ2v) is 22.4. The molecule has 81 heavy (non-hydrogen) atoms. The molecule has 426 valence electrons. The van der Waals surface area contributed by atoms with Gasteiger partial charge < -0.3 is 37.0 Å². The van der Waals surface area contributed by atoms with E-state index in [-0.39, 0.29) is 73.7 Å². The Kier molecular flexibility index (Phi) is 18.5. The minimum Gasteiger partial charge on any atom is -0.399 e. The third kappa shape index (κ3) is 15.0. The summed E-state index contributed by atoms with van der Waals surface area (Å²) >= 11 is 1.56. The van der Waals surface area contributed by atoms with Crippen LogP contribution >= 0.6 is 11.3 Å². The van der Waals surface area contributed by atoms with E-state index in [4.69, 9.17) is 5.73 Å². The normalized spacial score (nSPS) is 14.9. The van der Waals surface area contributed by atoms with E-state index in [1.165, 1.54) is 39.5 Å². The van der Waals surface area contributed by atoms with E-state index in [0.717, 1.165) is 47.0 Å². The molecule has 7 aromatic rings. The van der Waals surface area contributed by atoms with Gasteiger partial charge in [-0.3, -0.25) is 33.4 Å². The number of alkyl halides is 3. The molecule has 1 fully saturated rings. The highest BCUT2D eigenvalue weighted by molar-refractivity contribution is 7.13. The Morgan fingerprint density at radius 3 is 2.19 bits per heavy atom. The van der Waals surface area contributed by atoms with Crippen molar-refractivity contribution in [3.05, 3.63) is 131 Å². The molecular formula is C59H66F3N11O7S. The third-order valence-electron chi connectivity index (χ3n) is 14.2. The fraction of sp³-hybridized carbons (Fsp3) is 0.373. The average molecular weight is 1130 g/mol. The maximum atomic E-state index is 14.1. The Labute approximate surface area is 470 Å². The molecule has 0 spiro atoms. The molecule has 1 aliphatic rings. The van der Waals surface area contributed by atoms with Crippen molar-refractivity contribution in [2.24, 2.45) is 5.41 Å². The molecule has 0 radical (unpaired) electrons. The van der Waals surface area contributed by atoms with Crippen molar-refractivity contribution in [1.82, 2.24) is 40.1 Å². The molecule has 1 saturated heterocycles. The molecular weight excluding hydrogens is 1060 g/mol. The summed E-state index contributed by atoms with van der Waals surface area (Å²) < 4.78 is 43.1. The Morgan fingerprint density at radius 1 is 0.815 bits per heavy atom. The van der Waals surface area contributed by atoms with Crippen molar-refractivity contribution >= 4 is 74.9 Å². The van der Waals surface area contributed by atoms with E-state index < -0.39 is 53.1 Å². The monoisotopic (exact) mass is 1130 g/mol. The molecule has 5 amide bonds. The third-order valence-corrected chi connectivity index (χ3v) is 15.2. The van der Waals surface area contributed by atoms with Crippen molar-refractivity contribution in [2.45, 2.75) is 130 Å². The van der Waals surface area contributed by atoms with Gasteiger partial charge in [0.25, 0.3) is 5.91 Å². The minimum absolute atomic E-state index is 0.00881. The van der Waals surface area contributed by atoms with Crippen LogP contribution in [0.5, 0.6) is 0 Å². The summed E-state index contributed by atoms with van der Waals surface area (Å²) in [7, 11) is 0. The van der Waals surface area contributed by atoms with E-state index in [0.29, 0.717) is 52.5 Å². The van der Waals surface area contributed by atoms with Crippen LogP contribution in [0.25, 0.3) is 32.5 Å². The minimum atomic E-state index is -4.58. The zero-order valence-electron chi connectivity index (χ0n) is 45.7. The summed E-state index contributed by atoms with van der Waals surface area (Å²) in [6.45, 7) is 8.73. The topological polar surface area (TPSA) is 249 Å². The second kappa shape index (κ2) is 25.5. The molecule has 4 aromatic carbocycles. The average Bonchev–Trinajstić information content (AvgIpc) is 4.38. The number of nitrogen functional groups attached to an aromatic ring is 1. The fourth-order valence-corrected chi connectivity index (χ4v) is 10.5. The van der Waals surface area contributed by atoms with Gasteiger partial charge in [0, 0.05) is 66.4 Å². The number of hydrogen-bond acceptors (Lipinski definition) is 12. The van der Waals surface area contributed by atoms with Crippen LogP contribution in [0.15, 0.2) is 103 Å². The van der Waals surface area contributed by atoms with Crippen LogP contribution in [0, 0.1) is 19.3 Å². The maximum absolute atomic E-state index is 14.1. The lowest BCUT2D eigenvalue weighted by Crippen LogP contribution is -2.57. The fourth-order valence-electron chi connectivity index (χ4n) is 9.73. The predicted octanol–water partition coefficient (Wildman–Crippen LogP) is 9.70. The van der Waals surface area contributed by atoms with Gasteiger partial charge in [-0.1, -0.05) is 82.9 Å². The van der Waals surface area contributed by atoms with Crippen molar-refractivity contribution in [3.8, 4) is 21.6 Å². The molecule has 3 atom stereocenters. The van der Waals surface area contributed by atoms with E-state index in [9.17, 15) is 47.0 Å². The number of nitrogens with one attached hydrogen (secondary N) is 4. The van der Waals surface area contributed by atoms with Gasteiger partial charge in [0.1, 0.15) is 18.6 Å². The number of amides is 5. The molecule has 0 aliphatic carbocycles. The number of thiazole rings is 1. The zero-order chi connectivity index (χ0) is 58.2. The number of rotatable bonds is 21. The Balaban J connectivity index is 0.823. The molecule has 3 aromatic heterocycles. The number of aliphatic hydroxyl groups excluding tert-OH is 1. The van der Waals surface area contributed by atoms with Gasteiger partial charge in [-0.05, 0) is 103 Å². The zero-order valence-corrected chi connectivity index (χ0v) is 46.5. The highest BCUT2D eigenvalue weighted by atomic mass is 32.1. The van der Waals surface area contributed by atoms with Crippen LogP contribution in [-0.4, -0.2) is 94.7 Å².